The molecule has 25 heavy (non-hydrogen) atoms. The van der Waals surface area contributed by atoms with Crippen LogP contribution in [-0.2, 0) is 5.41 Å². The molecule has 1 aliphatic carbocycles. The molecular formula is C20H24N4O. The van der Waals surface area contributed by atoms with Crippen molar-refractivity contribution in [1.29, 1.82) is 0 Å². The zero-order valence-corrected chi connectivity index (χ0v) is 14.8. The van der Waals surface area contributed by atoms with E-state index >= 15 is 0 Å². The second-order valence-corrected chi connectivity index (χ2v) is 7.25. The van der Waals surface area contributed by atoms with Crippen LogP contribution in [0.3, 0.4) is 0 Å². The number of piperidine rings is 1. The number of nitrogens with one attached hydrogen (secondary N) is 1. The third-order valence-electron chi connectivity index (χ3n) is 5.42. The molecule has 2 amide bonds. The maximum atomic E-state index is 12.6. The normalized spacial score (nSPS) is 18.0. The van der Waals surface area contributed by atoms with Gasteiger partial charge in [0.05, 0.1) is 6.20 Å². The van der Waals surface area contributed by atoms with Crippen molar-refractivity contribution in [2.75, 3.05) is 18.4 Å². The van der Waals surface area contributed by atoms with Crippen LogP contribution in [0.25, 0.3) is 6.08 Å². The summed E-state index contributed by atoms with van der Waals surface area (Å²) in [5.74, 6) is 0.756. The molecule has 2 aliphatic rings. The summed E-state index contributed by atoms with van der Waals surface area (Å²) in [7, 11) is 0. The van der Waals surface area contributed by atoms with Gasteiger partial charge in [-0.2, -0.15) is 5.10 Å². The Kier molecular flexibility index (Phi) is 3.86. The van der Waals surface area contributed by atoms with Crippen LogP contribution >= 0.6 is 0 Å². The van der Waals surface area contributed by atoms with Crippen LogP contribution in [0.1, 0.15) is 43.9 Å². The molecule has 0 bridgehead atoms. The van der Waals surface area contributed by atoms with E-state index in [2.05, 4.69) is 60.7 Å². The predicted molar refractivity (Wildman–Crippen MR) is 99.6 cm³/mol. The highest BCUT2D eigenvalue weighted by Crippen LogP contribution is 2.43. The minimum absolute atomic E-state index is 0.0347. The van der Waals surface area contributed by atoms with Gasteiger partial charge < -0.3 is 4.90 Å². The van der Waals surface area contributed by atoms with Gasteiger partial charge in [-0.05, 0) is 37.8 Å². The summed E-state index contributed by atoms with van der Waals surface area (Å²) < 4.78 is 1.83. The molecule has 1 saturated heterocycles. The summed E-state index contributed by atoms with van der Waals surface area (Å²) in [6.45, 7) is 5.63. The second kappa shape index (κ2) is 6.06. The zero-order valence-electron chi connectivity index (χ0n) is 14.8. The van der Waals surface area contributed by atoms with E-state index in [1.165, 1.54) is 11.1 Å². The molecule has 130 valence electrons. The van der Waals surface area contributed by atoms with Gasteiger partial charge in [0.1, 0.15) is 5.82 Å². The Morgan fingerprint density at radius 2 is 1.96 bits per heavy atom. The Morgan fingerprint density at radius 1 is 1.20 bits per heavy atom. The van der Waals surface area contributed by atoms with E-state index < -0.39 is 0 Å². The number of carbonyl (C=O) groups is 1. The Balaban J connectivity index is 1.43. The molecule has 2 aromatic rings. The average Bonchev–Trinajstić information content (AvgIpc) is 3.22. The lowest BCUT2D eigenvalue weighted by Gasteiger charge is -2.39. The Hall–Kier alpha value is -2.56. The van der Waals surface area contributed by atoms with Crippen LogP contribution in [-0.4, -0.2) is 33.8 Å². The first-order valence-corrected chi connectivity index (χ1v) is 8.97. The monoisotopic (exact) mass is 336 g/mol. The molecule has 1 N–H and O–H groups in total. The number of aromatic nitrogens is 2. The molecule has 0 unspecified atom stereocenters. The number of nitrogens with zero attached hydrogens (tertiary/aromatic N) is 3. The molecule has 1 aromatic heterocycles. The van der Waals surface area contributed by atoms with Crippen LogP contribution in [0.4, 0.5) is 10.6 Å². The molecule has 0 atom stereocenters. The Bertz CT molecular complexity index is 813. The highest BCUT2D eigenvalue weighted by Gasteiger charge is 2.38. The summed E-state index contributed by atoms with van der Waals surface area (Å²) in [6, 6.07) is 10.6. The third-order valence-corrected chi connectivity index (χ3v) is 5.42. The number of hydrogen-bond donors (Lipinski definition) is 1. The third kappa shape index (κ3) is 2.73. The molecule has 5 nitrogen and oxygen atoms in total. The van der Waals surface area contributed by atoms with E-state index in [1.807, 2.05) is 15.6 Å². The van der Waals surface area contributed by atoms with E-state index in [4.69, 9.17) is 0 Å². The first kappa shape index (κ1) is 15.9. The number of likely N-dealkylation sites (tertiary alicyclic amines) is 1. The van der Waals surface area contributed by atoms with Crippen molar-refractivity contribution in [3.05, 3.63) is 53.7 Å². The number of fused-ring (bicyclic) bond motifs is 2. The summed E-state index contributed by atoms with van der Waals surface area (Å²) in [5, 5.41) is 7.28. The Labute approximate surface area is 148 Å². The molecule has 0 saturated carbocycles. The van der Waals surface area contributed by atoms with Gasteiger partial charge in [-0.3, -0.25) is 5.32 Å². The van der Waals surface area contributed by atoms with E-state index in [0.29, 0.717) is 0 Å². The van der Waals surface area contributed by atoms with E-state index in [9.17, 15) is 4.79 Å². The zero-order chi connectivity index (χ0) is 17.4. The minimum Gasteiger partial charge on any atom is -0.324 e. The van der Waals surface area contributed by atoms with Gasteiger partial charge in [-0.15, -0.1) is 0 Å². The highest BCUT2D eigenvalue weighted by molar-refractivity contribution is 5.88. The van der Waals surface area contributed by atoms with E-state index in [-0.39, 0.29) is 17.5 Å². The molecular weight excluding hydrogens is 312 g/mol. The van der Waals surface area contributed by atoms with Crippen molar-refractivity contribution in [2.45, 2.75) is 38.1 Å². The molecule has 1 aliphatic heterocycles. The quantitative estimate of drug-likeness (QED) is 0.899. The number of allylic oxidation sites excluding steroid dienone is 1. The first-order chi connectivity index (χ1) is 12.1. The van der Waals surface area contributed by atoms with Crippen molar-refractivity contribution in [3.8, 4) is 0 Å². The fourth-order valence-electron chi connectivity index (χ4n) is 3.99. The van der Waals surface area contributed by atoms with Gasteiger partial charge in [0.15, 0.2) is 0 Å². The largest absolute Gasteiger partial charge is 0.324 e. The number of hydrogen-bond acceptors (Lipinski definition) is 2. The summed E-state index contributed by atoms with van der Waals surface area (Å²) >= 11 is 0. The summed E-state index contributed by atoms with van der Waals surface area (Å²) in [6.07, 6.45) is 8.23. The van der Waals surface area contributed by atoms with Crippen molar-refractivity contribution in [2.24, 2.45) is 0 Å². The van der Waals surface area contributed by atoms with Gasteiger partial charge >= 0.3 is 6.03 Å². The molecule has 1 fully saturated rings. The van der Waals surface area contributed by atoms with Gasteiger partial charge in [-0.25, -0.2) is 9.48 Å². The fourth-order valence-corrected chi connectivity index (χ4v) is 3.99. The lowest BCUT2D eigenvalue weighted by Crippen LogP contribution is -2.45. The topological polar surface area (TPSA) is 50.2 Å². The van der Waals surface area contributed by atoms with Crippen LogP contribution in [0.5, 0.6) is 0 Å². The lowest BCUT2D eigenvalue weighted by molar-refractivity contribution is 0.182. The van der Waals surface area contributed by atoms with Gasteiger partial charge in [0.25, 0.3) is 0 Å². The predicted octanol–water partition coefficient (Wildman–Crippen LogP) is 4.06. The van der Waals surface area contributed by atoms with E-state index in [1.54, 1.807) is 6.20 Å². The van der Waals surface area contributed by atoms with Crippen molar-refractivity contribution >= 4 is 17.9 Å². The smallest absolute Gasteiger partial charge is 0.323 e. The van der Waals surface area contributed by atoms with E-state index in [0.717, 1.165) is 31.7 Å². The number of benzene rings is 1. The first-order valence-electron chi connectivity index (χ1n) is 8.97. The van der Waals surface area contributed by atoms with Gasteiger partial charge in [0, 0.05) is 30.6 Å². The molecule has 1 spiro atoms. The van der Waals surface area contributed by atoms with Gasteiger partial charge in [0.2, 0.25) is 0 Å². The maximum absolute atomic E-state index is 12.6. The minimum atomic E-state index is -0.0347. The van der Waals surface area contributed by atoms with Crippen LogP contribution < -0.4 is 5.32 Å². The highest BCUT2D eigenvalue weighted by atomic mass is 16.2. The number of anilines is 1. The number of urea groups is 1. The van der Waals surface area contributed by atoms with Crippen LogP contribution in [0.15, 0.2) is 42.6 Å². The Morgan fingerprint density at radius 3 is 2.72 bits per heavy atom. The SMILES string of the molecule is CC(C)n1nccc1NC(=O)N1CCC2(C=Cc3ccccc32)CC1. The number of carbonyl (C=O) groups excluding carboxylic acids is 1. The van der Waals surface area contributed by atoms with Gasteiger partial charge in [-0.1, -0.05) is 36.4 Å². The number of rotatable bonds is 2. The summed E-state index contributed by atoms with van der Waals surface area (Å²) in [4.78, 5) is 14.6. The van der Waals surface area contributed by atoms with Crippen LogP contribution in [0.2, 0.25) is 0 Å². The molecule has 2 heterocycles. The molecule has 1 aromatic carbocycles. The fraction of sp³-hybridized carbons (Fsp3) is 0.400. The standard InChI is InChI=1S/C20H24N4O/c1-15(2)24-18(8-12-21-24)22-19(25)23-13-10-20(11-14-23)9-7-16-5-3-4-6-17(16)20/h3-9,12,15H,10-11,13-14H2,1-2H3,(H,22,25). The lowest BCUT2D eigenvalue weighted by atomic mass is 9.74. The molecule has 4 rings (SSSR count). The second-order valence-electron chi connectivity index (χ2n) is 7.25. The molecule has 0 radical (unpaired) electrons. The number of amides is 2. The van der Waals surface area contributed by atoms with Crippen molar-refractivity contribution < 1.29 is 4.79 Å². The average molecular weight is 336 g/mol. The van der Waals surface area contributed by atoms with Crippen molar-refractivity contribution in [3.63, 3.8) is 0 Å². The maximum Gasteiger partial charge on any atom is 0.323 e. The van der Waals surface area contributed by atoms with Crippen LogP contribution in [0, 0.1) is 0 Å². The van der Waals surface area contributed by atoms with Crippen molar-refractivity contribution in [1.82, 2.24) is 14.7 Å². The molecule has 5 heteroatoms. The summed E-state index contributed by atoms with van der Waals surface area (Å²) in [5.41, 5.74) is 2.83.